The van der Waals surface area contributed by atoms with Crippen LogP contribution in [-0.4, -0.2) is 47.7 Å². The van der Waals surface area contributed by atoms with Crippen LogP contribution in [0.1, 0.15) is 65.7 Å². The Morgan fingerprint density at radius 3 is 2.41 bits per heavy atom. The number of likely N-dealkylation sites (tertiary alicyclic amines) is 1. The highest BCUT2D eigenvalue weighted by Crippen LogP contribution is 2.37. The first-order valence-electron chi connectivity index (χ1n) is 9.02. The van der Waals surface area contributed by atoms with Crippen molar-refractivity contribution < 1.29 is 9.90 Å². The number of rotatable bonds is 6. The first-order valence-corrected chi connectivity index (χ1v) is 9.02. The second kappa shape index (κ2) is 7.31. The summed E-state index contributed by atoms with van der Waals surface area (Å²) in [5, 5.41) is 13.0. The van der Waals surface area contributed by atoms with Gasteiger partial charge in [-0.05, 0) is 65.0 Å². The van der Waals surface area contributed by atoms with Crippen LogP contribution < -0.4 is 5.32 Å². The van der Waals surface area contributed by atoms with Crippen molar-refractivity contribution in [3.05, 3.63) is 0 Å². The molecule has 2 N–H and O–H groups in total. The molecule has 2 rings (SSSR count). The largest absolute Gasteiger partial charge is 0.390 e. The molecule has 0 aromatic heterocycles. The van der Waals surface area contributed by atoms with Gasteiger partial charge in [0, 0.05) is 18.5 Å². The molecule has 0 aromatic rings. The molecule has 4 nitrogen and oxygen atoms in total. The van der Waals surface area contributed by atoms with E-state index in [9.17, 15) is 9.90 Å². The van der Waals surface area contributed by atoms with Crippen LogP contribution in [0.2, 0.25) is 0 Å². The Kier molecular flexibility index (Phi) is 5.89. The van der Waals surface area contributed by atoms with E-state index in [1.807, 2.05) is 13.8 Å². The maximum absolute atomic E-state index is 12.3. The maximum Gasteiger partial charge on any atom is 0.225 e. The minimum atomic E-state index is -0.568. The maximum atomic E-state index is 12.3. The van der Waals surface area contributed by atoms with Gasteiger partial charge in [0.2, 0.25) is 5.91 Å². The van der Waals surface area contributed by atoms with Crippen molar-refractivity contribution in [2.75, 3.05) is 26.2 Å². The van der Waals surface area contributed by atoms with Crippen molar-refractivity contribution in [3.63, 3.8) is 0 Å². The molecule has 0 unspecified atom stereocenters. The van der Waals surface area contributed by atoms with Crippen molar-refractivity contribution in [3.8, 4) is 0 Å². The first-order chi connectivity index (χ1) is 10.3. The fraction of sp³-hybridized carbons (Fsp3) is 0.944. The molecule has 0 spiro atoms. The Balaban J connectivity index is 1.64. The van der Waals surface area contributed by atoms with Gasteiger partial charge in [0.15, 0.2) is 0 Å². The number of carbonyl (C=O) groups is 1. The van der Waals surface area contributed by atoms with Gasteiger partial charge < -0.3 is 15.3 Å². The predicted octanol–water partition coefficient (Wildman–Crippen LogP) is 2.56. The van der Waals surface area contributed by atoms with Gasteiger partial charge in [-0.2, -0.15) is 0 Å². The summed E-state index contributed by atoms with van der Waals surface area (Å²) >= 11 is 0. The standard InChI is InChI=1S/C18H34N2O2/c1-17(2,22)10-13-20-11-6-15(7-12-20)14-19-16(21)18(3)8-4-5-9-18/h15,22H,4-14H2,1-3H3,(H,19,21). The second-order valence-corrected chi connectivity index (χ2v) is 8.33. The van der Waals surface area contributed by atoms with Gasteiger partial charge in [-0.1, -0.05) is 19.8 Å². The molecule has 1 heterocycles. The number of hydrogen-bond donors (Lipinski definition) is 2. The summed E-state index contributed by atoms with van der Waals surface area (Å²) in [4.78, 5) is 14.8. The Morgan fingerprint density at radius 2 is 1.86 bits per heavy atom. The molecule has 22 heavy (non-hydrogen) atoms. The quantitative estimate of drug-likeness (QED) is 0.793. The number of aliphatic hydroxyl groups is 1. The molecule has 1 saturated heterocycles. The molecule has 1 amide bonds. The van der Waals surface area contributed by atoms with Gasteiger partial charge in [0.05, 0.1) is 5.60 Å². The molecule has 0 aromatic carbocycles. The summed E-state index contributed by atoms with van der Waals surface area (Å²) in [6.07, 6.45) is 7.63. The highest BCUT2D eigenvalue weighted by molar-refractivity contribution is 5.82. The molecule has 0 bridgehead atoms. The molecule has 1 aliphatic heterocycles. The summed E-state index contributed by atoms with van der Waals surface area (Å²) in [5.74, 6) is 0.891. The van der Waals surface area contributed by atoms with Gasteiger partial charge in [-0.25, -0.2) is 0 Å². The lowest BCUT2D eigenvalue weighted by Crippen LogP contribution is -2.43. The first kappa shape index (κ1) is 17.7. The topological polar surface area (TPSA) is 52.6 Å². The van der Waals surface area contributed by atoms with Crippen LogP contribution in [0.4, 0.5) is 0 Å². The number of nitrogens with zero attached hydrogens (tertiary/aromatic N) is 1. The van der Waals surface area contributed by atoms with Crippen LogP contribution in [0, 0.1) is 11.3 Å². The zero-order chi connectivity index (χ0) is 16.2. The highest BCUT2D eigenvalue weighted by Gasteiger charge is 2.36. The van der Waals surface area contributed by atoms with Crippen LogP contribution in [0.15, 0.2) is 0 Å². The molecule has 0 atom stereocenters. The van der Waals surface area contributed by atoms with Crippen molar-refractivity contribution >= 4 is 5.91 Å². The average Bonchev–Trinajstić information content (AvgIpc) is 2.91. The van der Waals surface area contributed by atoms with Crippen LogP contribution in [-0.2, 0) is 4.79 Å². The van der Waals surface area contributed by atoms with Crippen molar-refractivity contribution in [1.29, 1.82) is 0 Å². The van der Waals surface area contributed by atoms with Gasteiger partial charge in [-0.3, -0.25) is 4.79 Å². The molecule has 1 saturated carbocycles. The summed E-state index contributed by atoms with van der Waals surface area (Å²) in [5.41, 5.74) is -0.672. The van der Waals surface area contributed by atoms with Gasteiger partial charge in [-0.15, -0.1) is 0 Å². The van der Waals surface area contributed by atoms with Gasteiger partial charge in [0.25, 0.3) is 0 Å². The average molecular weight is 310 g/mol. The lowest BCUT2D eigenvalue weighted by molar-refractivity contribution is -0.130. The molecule has 2 fully saturated rings. The summed E-state index contributed by atoms with van der Waals surface area (Å²) < 4.78 is 0. The van der Waals surface area contributed by atoms with Gasteiger partial charge in [0.1, 0.15) is 0 Å². The molecular formula is C18H34N2O2. The van der Waals surface area contributed by atoms with Crippen molar-refractivity contribution in [2.24, 2.45) is 11.3 Å². The third-order valence-electron chi connectivity index (χ3n) is 5.55. The number of nitrogens with one attached hydrogen (secondary N) is 1. The van der Waals surface area contributed by atoms with E-state index >= 15 is 0 Å². The molecule has 128 valence electrons. The van der Waals surface area contributed by atoms with E-state index < -0.39 is 5.60 Å². The fourth-order valence-corrected chi connectivity index (χ4v) is 3.68. The summed E-state index contributed by atoms with van der Waals surface area (Å²) in [6.45, 7) is 9.86. The van der Waals surface area contributed by atoms with E-state index in [0.29, 0.717) is 5.92 Å². The highest BCUT2D eigenvalue weighted by atomic mass is 16.3. The van der Waals surface area contributed by atoms with E-state index in [4.69, 9.17) is 0 Å². The summed E-state index contributed by atoms with van der Waals surface area (Å²) in [6, 6.07) is 0. The van der Waals surface area contributed by atoms with Crippen molar-refractivity contribution in [1.82, 2.24) is 10.2 Å². The lowest BCUT2D eigenvalue weighted by Gasteiger charge is -2.34. The Hall–Kier alpha value is -0.610. The van der Waals surface area contributed by atoms with E-state index in [1.54, 1.807) is 0 Å². The zero-order valence-corrected chi connectivity index (χ0v) is 14.7. The molecule has 4 heteroatoms. The number of piperidine rings is 1. The minimum Gasteiger partial charge on any atom is -0.390 e. The zero-order valence-electron chi connectivity index (χ0n) is 14.7. The third-order valence-corrected chi connectivity index (χ3v) is 5.55. The number of carbonyl (C=O) groups excluding carboxylic acids is 1. The minimum absolute atomic E-state index is 0.104. The van der Waals surface area contributed by atoms with Crippen LogP contribution in [0.25, 0.3) is 0 Å². The monoisotopic (exact) mass is 310 g/mol. The fourth-order valence-electron chi connectivity index (χ4n) is 3.68. The lowest BCUT2D eigenvalue weighted by atomic mass is 9.87. The number of amides is 1. The normalized spacial score (nSPS) is 23.6. The predicted molar refractivity (Wildman–Crippen MR) is 89.7 cm³/mol. The molecule has 2 aliphatic rings. The van der Waals surface area contributed by atoms with Crippen LogP contribution in [0.3, 0.4) is 0 Å². The van der Waals surface area contributed by atoms with E-state index in [1.165, 1.54) is 12.8 Å². The van der Waals surface area contributed by atoms with Crippen LogP contribution in [0.5, 0.6) is 0 Å². The van der Waals surface area contributed by atoms with E-state index in [0.717, 1.165) is 58.3 Å². The van der Waals surface area contributed by atoms with E-state index in [-0.39, 0.29) is 11.3 Å². The van der Waals surface area contributed by atoms with Crippen molar-refractivity contribution in [2.45, 2.75) is 71.3 Å². The Morgan fingerprint density at radius 1 is 1.27 bits per heavy atom. The van der Waals surface area contributed by atoms with Gasteiger partial charge >= 0.3 is 0 Å². The number of hydrogen-bond acceptors (Lipinski definition) is 3. The van der Waals surface area contributed by atoms with Crippen LogP contribution >= 0.6 is 0 Å². The Labute approximate surface area is 135 Å². The smallest absolute Gasteiger partial charge is 0.225 e. The third kappa shape index (κ3) is 5.24. The molecule has 1 aliphatic carbocycles. The SMILES string of the molecule is CC(C)(O)CCN1CCC(CNC(=O)C2(C)CCCC2)CC1. The molecule has 0 radical (unpaired) electrons. The second-order valence-electron chi connectivity index (χ2n) is 8.33. The molecular weight excluding hydrogens is 276 g/mol. The Bertz CT molecular complexity index is 362. The van der Waals surface area contributed by atoms with E-state index in [2.05, 4.69) is 17.1 Å². The summed E-state index contributed by atoms with van der Waals surface area (Å²) in [7, 11) is 0.